The van der Waals surface area contributed by atoms with Crippen LogP contribution in [0.1, 0.15) is 11.5 Å². The molecule has 0 aliphatic heterocycles. The number of aromatic nitrogens is 4. The van der Waals surface area contributed by atoms with Gasteiger partial charge in [-0.25, -0.2) is 0 Å². The number of nitrogens with zero attached hydrogens (tertiary/aromatic N) is 4. The summed E-state index contributed by atoms with van der Waals surface area (Å²) < 4.78 is 12.1. The minimum Gasteiger partial charge on any atom is -0.496 e. The van der Waals surface area contributed by atoms with Gasteiger partial charge in [-0.2, -0.15) is 10.1 Å². The molecule has 7 heteroatoms. The molecule has 1 aromatic carbocycles. The highest BCUT2D eigenvalue weighted by Crippen LogP contribution is 2.24. The number of aryl methyl sites for hydroxylation is 1. The highest BCUT2D eigenvalue weighted by molar-refractivity contribution is 5.58. The Bertz CT molecular complexity index is 762. The van der Waals surface area contributed by atoms with Crippen molar-refractivity contribution in [1.29, 1.82) is 0 Å². The van der Waals surface area contributed by atoms with E-state index in [-0.39, 0.29) is 0 Å². The molecular formula is C14H15N5O2. The van der Waals surface area contributed by atoms with Crippen molar-refractivity contribution in [3.05, 3.63) is 42.0 Å². The first-order valence-electron chi connectivity index (χ1n) is 6.41. The summed E-state index contributed by atoms with van der Waals surface area (Å²) in [5.41, 5.74) is 8.10. The first-order chi connectivity index (χ1) is 10.2. The number of nitrogens with two attached hydrogens (primary N) is 1. The Morgan fingerprint density at radius 1 is 1.38 bits per heavy atom. The van der Waals surface area contributed by atoms with Gasteiger partial charge < -0.3 is 15.0 Å². The normalized spacial score (nSPS) is 10.8. The van der Waals surface area contributed by atoms with Crippen molar-refractivity contribution < 1.29 is 9.26 Å². The van der Waals surface area contributed by atoms with E-state index in [9.17, 15) is 0 Å². The summed E-state index contributed by atoms with van der Waals surface area (Å²) in [5.74, 6) is 1.84. The van der Waals surface area contributed by atoms with Crippen LogP contribution in [-0.4, -0.2) is 27.0 Å². The molecule has 0 spiro atoms. The average molecular weight is 285 g/mol. The van der Waals surface area contributed by atoms with E-state index in [1.807, 2.05) is 25.1 Å². The fourth-order valence-electron chi connectivity index (χ4n) is 2.06. The molecule has 0 bridgehead atoms. The number of rotatable bonds is 4. The maximum Gasteiger partial charge on any atom is 0.248 e. The Balaban J connectivity index is 1.82. The molecule has 0 saturated heterocycles. The molecule has 7 nitrogen and oxygen atoms in total. The van der Waals surface area contributed by atoms with Gasteiger partial charge in [-0.1, -0.05) is 5.16 Å². The second kappa shape index (κ2) is 5.28. The van der Waals surface area contributed by atoms with Crippen LogP contribution in [0, 0.1) is 6.92 Å². The Hall–Kier alpha value is -2.83. The van der Waals surface area contributed by atoms with Gasteiger partial charge in [0.2, 0.25) is 11.7 Å². The second-order valence-corrected chi connectivity index (χ2v) is 4.67. The molecule has 0 aliphatic rings. The number of benzene rings is 1. The van der Waals surface area contributed by atoms with Crippen LogP contribution in [0.3, 0.4) is 0 Å². The van der Waals surface area contributed by atoms with E-state index in [0.29, 0.717) is 23.9 Å². The predicted molar refractivity (Wildman–Crippen MR) is 76.8 cm³/mol. The zero-order chi connectivity index (χ0) is 14.8. The third-order valence-electron chi connectivity index (χ3n) is 3.07. The summed E-state index contributed by atoms with van der Waals surface area (Å²) in [6.45, 7) is 2.36. The highest BCUT2D eigenvalue weighted by atomic mass is 16.5. The van der Waals surface area contributed by atoms with Gasteiger partial charge in [0, 0.05) is 11.8 Å². The lowest BCUT2D eigenvalue weighted by Gasteiger charge is -2.04. The quantitative estimate of drug-likeness (QED) is 0.786. The zero-order valence-electron chi connectivity index (χ0n) is 11.8. The Morgan fingerprint density at radius 3 is 2.90 bits per heavy atom. The number of ether oxygens (including phenoxy) is 1. The van der Waals surface area contributed by atoms with Crippen LogP contribution < -0.4 is 10.5 Å². The number of hydrogen-bond donors (Lipinski definition) is 1. The van der Waals surface area contributed by atoms with E-state index >= 15 is 0 Å². The molecule has 0 amide bonds. The Labute approximate surface area is 121 Å². The van der Waals surface area contributed by atoms with Crippen LogP contribution in [0.4, 0.5) is 5.69 Å². The second-order valence-electron chi connectivity index (χ2n) is 4.67. The van der Waals surface area contributed by atoms with E-state index in [1.165, 1.54) is 0 Å². The van der Waals surface area contributed by atoms with Crippen molar-refractivity contribution in [3.63, 3.8) is 0 Å². The molecule has 0 aliphatic carbocycles. The third kappa shape index (κ3) is 2.71. The van der Waals surface area contributed by atoms with Crippen LogP contribution in [-0.2, 0) is 6.54 Å². The molecule has 0 radical (unpaired) electrons. The lowest BCUT2D eigenvalue weighted by molar-refractivity contribution is 0.366. The smallest absolute Gasteiger partial charge is 0.248 e. The van der Waals surface area contributed by atoms with Crippen molar-refractivity contribution >= 4 is 5.69 Å². The van der Waals surface area contributed by atoms with Gasteiger partial charge in [0.1, 0.15) is 12.3 Å². The van der Waals surface area contributed by atoms with Gasteiger partial charge in [0.15, 0.2) is 0 Å². The molecule has 2 heterocycles. The van der Waals surface area contributed by atoms with Gasteiger partial charge in [-0.15, -0.1) is 0 Å². The fraction of sp³-hybridized carbons (Fsp3) is 0.214. The molecule has 0 fully saturated rings. The Kier molecular flexibility index (Phi) is 3.31. The molecule has 0 unspecified atom stereocenters. The predicted octanol–water partition coefficient (Wildman–Crippen LogP) is 1.88. The van der Waals surface area contributed by atoms with Crippen molar-refractivity contribution in [3.8, 4) is 17.1 Å². The van der Waals surface area contributed by atoms with Crippen LogP contribution >= 0.6 is 0 Å². The van der Waals surface area contributed by atoms with E-state index < -0.39 is 0 Å². The maximum atomic E-state index is 5.61. The summed E-state index contributed by atoms with van der Waals surface area (Å²) in [5, 5.41) is 8.06. The Morgan fingerprint density at radius 2 is 2.24 bits per heavy atom. The zero-order valence-corrected chi connectivity index (χ0v) is 11.8. The summed E-state index contributed by atoms with van der Waals surface area (Å²) in [7, 11) is 1.64. The van der Waals surface area contributed by atoms with Crippen molar-refractivity contribution in [2.45, 2.75) is 13.5 Å². The number of methoxy groups -OCH3 is 1. The van der Waals surface area contributed by atoms with Crippen LogP contribution in [0.2, 0.25) is 0 Å². The SMILES string of the molecule is COc1ccc(-c2noc(Cn3cc(N)cn3)n2)cc1C. The van der Waals surface area contributed by atoms with E-state index in [2.05, 4.69) is 15.2 Å². The minimum atomic E-state index is 0.388. The van der Waals surface area contributed by atoms with Crippen molar-refractivity contribution in [1.82, 2.24) is 19.9 Å². The molecule has 21 heavy (non-hydrogen) atoms. The third-order valence-corrected chi connectivity index (χ3v) is 3.07. The molecule has 3 aromatic rings. The average Bonchev–Trinajstić information content (AvgIpc) is 3.08. The van der Waals surface area contributed by atoms with Crippen LogP contribution in [0.5, 0.6) is 5.75 Å². The van der Waals surface area contributed by atoms with E-state index in [4.69, 9.17) is 15.0 Å². The minimum absolute atomic E-state index is 0.388. The van der Waals surface area contributed by atoms with E-state index in [1.54, 1.807) is 24.2 Å². The molecule has 0 atom stereocenters. The fourth-order valence-corrected chi connectivity index (χ4v) is 2.06. The molecule has 0 saturated carbocycles. The topological polar surface area (TPSA) is 92.0 Å². The first-order valence-corrected chi connectivity index (χ1v) is 6.41. The maximum absolute atomic E-state index is 5.61. The van der Waals surface area contributed by atoms with Crippen molar-refractivity contribution in [2.75, 3.05) is 12.8 Å². The molecule has 2 aromatic heterocycles. The molecule has 108 valence electrons. The highest BCUT2D eigenvalue weighted by Gasteiger charge is 2.11. The molecule has 3 rings (SSSR count). The van der Waals surface area contributed by atoms with Gasteiger partial charge in [-0.05, 0) is 30.7 Å². The van der Waals surface area contributed by atoms with Gasteiger partial charge in [0.25, 0.3) is 0 Å². The summed E-state index contributed by atoms with van der Waals surface area (Å²) in [6, 6.07) is 5.74. The van der Waals surface area contributed by atoms with Crippen LogP contribution in [0.25, 0.3) is 11.4 Å². The summed E-state index contributed by atoms with van der Waals surface area (Å²) in [4.78, 5) is 4.36. The van der Waals surface area contributed by atoms with Gasteiger partial charge >= 0.3 is 0 Å². The monoisotopic (exact) mass is 285 g/mol. The lowest BCUT2D eigenvalue weighted by Crippen LogP contribution is -2.00. The van der Waals surface area contributed by atoms with Crippen molar-refractivity contribution in [2.24, 2.45) is 0 Å². The number of nitrogen functional groups attached to an aromatic ring is 1. The lowest BCUT2D eigenvalue weighted by atomic mass is 10.1. The van der Waals surface area contributed by atoms with Gasteiger partial charge in [-0.3, -0.25) is 4.68 Å². The largest absolute Gasteiger partial charge is 0.496 e. The standard InChI is InChI=1S/C14H15N5O2/c1-9-5-10(3-4-12(9)20-2)14-17-13(21-18-14)8-19-7-11(15)6-16-19/h3-7H,8,15H2,1-2H3. The van der Waals surface area contributed by atoms with Gasteiger partial charge in [0.05, 0.1) is 19.0 Å². The number of anilines is 1. The van der Waals surface area contributed by atoms with E-state index in [0.717, 1.165) is 16.9 Å². The number of hydrogen-bond acceptors (Lipinski definition) is 6. The molecule has 2 N–H and O–H groups in total. The van der Waals surface area contributed by atoms with Crippen LogP contribution in [0.15, 0.2) is 35.1 Å². The summed E-state index contributed by atoms with van der Waals surface area (Å²) in [6.07, 6.45) is 3.28. The summed E-state index contributed by atoms with van der Waals surface area (Å²) >= 11 is 0. The molecular weight excluding hydrogens is 270 g/mol. The first kappa shape index (κ1) is 13.2.